The lowest BCUT2D eigenvalue weighted by atomic mass is 9.90. The summed E-state index contributed by atoms with van der Waals surface area (Å²) in [7, 11) is 1.87. The van der Waals surface area contributed by atoms with E-state index < -0.39 is 0 Å². The van der Waals surface area contributed by atoms with Gasteiger partial charge in [-0.15, -0.1) is 0 Å². The normalized spacial score (nSPS) is 19.3. The summed E-state index contributed by atoms with van der Waals surface area (Å²) in [6.45, 7) is 0.898. The molecule has 13 nitrogen and oxygen atoms in total. The Labute approximate surface area is 261 Å². The van der Waals surface area contributed by atoms with E-state index in [1.165, 1.54) is 6.20 Å². The average molecular weight is 606 g/mol. The Morgan fingerprint density at radius 1 is 1.02 bits per heavy atom. The fourth-order valence-electron chi connectivity index (χ4n) is 5.79. The summed E-state index contributed by atoms with van der Waals surface area (Å²) >= 11 is 0. The SMILES string of the molecule is Cn1cc(-c2ccc(N(C(=O)NCc3ccccc3)C3CCC(Nc4ncc(C#N)c(NC5CNC(=O)C5)n4)CC3)nc2)cn1. The number of hydrogen-bond donors (Lipinski definition) is 4. The Hall–Kier alpha value is -5.51. The van der Waals surface area contributed by atoms with Crippen molar-refractivity contribution in [2.45, 2.75) is 56.8 Å². The number of nitrogens with zero attached hydrogens (tertiary/aromatic N) is 7. The van der Waals surface area contributed by atoms with Crippen LogP contribution in [0.4, 0.5) is 22.4 Å². The van der Waals surface area contributed by atoms with Crippen molar-refractivity contribution in [2.75, 3.05) is 22.1 Å². The first-order valence-electron chi connectivity index (χ1n) is 15.1. The smallest absolute Gasteiger partial charge is 0.323 e. The second-order valence-electron chi connectivity index (χ2n) is 11.4. The molecular formula is C32H35N11O2. The van der Waals surface area contributed by atoms with Crippen molar-refractivity contribution in [3.63, 3.8) is 0 Å². The Kier molecular flexibility index (Phi) is 8.81. The summed E-state index contributed by atoms with van der Waals surface area (Å²) in [6.07, 6.45) is 10.4. The molecule has 4 heterocycles. The maximum absolute atomic E-state index is 13.7. The number of hydrogen-bond acceptors (Lipinski definition) is 9. The second kappa shape index (κ2) is 13.4. The van der Waals surface area contributed by atoms with Gasteiger partial charge in [0.2, 0.25) is 11.9 Å². The molecule has 3 amide bonds. The van der Waals surface area contributed by atoms with E-state index in [1.807, 2.05) is 55.7 Å². The minimum atomic E-state index is -0.192. The van der Waals surface area contributed by atoms with Crippen molar-refractivity contribution in [3.05, 3.63) is 78.4 Å². The predicted octanol–water partition coefficient (Wildman–Crippen LogP) is 3.58. The van der Waals surface area contributed by atoms with Crippen LogP contribution in [0.15, 0.2) is 67.3 Å². The van der Waals surface area contributed by atoms with Crippen LogP contribution in [0.3, 0.4) is 0 Å². The maximum Gasteiger partial charge on any atom is 0.323 e. The summed E-state index contributed by atoms with van der Waals surface area (Å²) in [4.78, 5) is 40.7. The molecule has 45 heavy (non-hydrogen) atoms. The van der Waals surface area contributed by atoms with Crippen LogP contribution in [-0.4, -0.2) is 61.3 Å². The minimum Gasteiger partial charge on any atom is -0.364 e. The third-order valence-corrected chi connectivity index (χ3v) is 8.16. The van der Waals surface area contributed by atoms with Gasteiger partial charge >= 0.3 is 6.03 Å². The molecule has 1 atom stereocenters. The minimum absolute atomic E-state index is 0.0300. The van der Waals surface area contributed by atoms with Crippen molar-refractivity contribution in [1.82, 2.24) is 35.4 Å². The van der Waals surface area contributed by atoms with Gasteiger partial charge in [0.1, 0.15) is 23.3 Å². The summed E-state index contributed by atoms with van der Waals surface area (Å²) < 4.78 is 1.74. The number of rotatable bonds is 9. The fourth-order valence-corrected chi connectivity index (χ4v) is 5.79. The molecule has 2 aliphatic rings. The highest BCUT2D eigenvalue weighted by Crippen LogP contribution is 2.30. The number of nitriles is 1. The van der Waals surface area contributed by atoms with Crippen LogP contribution in [0.1, 0.15) is 43.2 Å². The molecule has 4 aromatic rings. The summed E-state index contributed by atoms with van der Waals surface area (Å²) in [5.41, 5.74) is 3.23. The number of pyridine rings is 1. The van der Waals surface area contributed by atoms with Crippen molar-refractivity contribution in [1.29, 1.82) is 5.26 Å². The van der Waals surface area contributed by atoms with Gasteiger partial charge in [-0.1, -0.05) is 30.3 Å². The first-order valence-corrected chi connectivity index (χ1v) is 15.1. The van der Waals surface area contributed by atoms with Gasteiger partial charge in [0.15, 0.2) is 0 Å². The van der Waals surface area contributed by atoms with E-state index in [4.69, 9.17) is 4.98 Å². The molecule has 3 aromatic heterocycles. The lowest BCUT2D eigenvalue weighted by Gasteiger charge is -2.36. The zero-order chi connectivity index (χ0) is 31.2. The van der Waals surface area contributed by atoms with Crippen molar-refractivity contribution in [3.8, 4) is 17.2 Å². The van der Waals surface area contributed by atoms with Crippen LogP contribution in [0.2, 0.25) is 0 Å². The highest BCUT2D eigenvalue weighted by Gasteiger charge is 2.31. The number of benzene rings is 1. The molecule has 1 unspecified atom stereocenters. The Balaban J connectivity index is 1.14. The van der Waals surface area contributed by atoms with Crippen molar-refractivity contribution < 1.29 is 9.59 Å². The molecule has 6 rings (SSSR count). The third-order valence-electron chi connectivity index (χ3n) is 8.16. The Morgan fingerprint density at radius 3 is 2.51 bits per heavy atom. The van der Waals surface area contributed by atoms with Gasteiger partial charge in [-0.3, -0.25) is 14.4 Å². The molecule has 2 fully saturated rings. The van der Waals surface area contributed by atoms with E-state index in [9.17, 15) is 14.9 Å². The van der Waals surface area contributed by atoms with Crippen LogP contribution in [0.25, 0.3) is 11.1 Å². The first-order chi connectivity index (χ1) is 21.9. The quantitative estimate of drug-likeness (QED) is 0.223. The molecule has 1 saturated heterocycles. The topological polar surface area (TPSA) is 166 Å². The summed E-state index contributed by atoms with van der Waals surface area (Å²) in [6, 6.07) is 15.5. The molecule has 230 valence electrons. The number of carbonyl (C=O) groups is 2. The number of amides is 3. The molecule has 1 saturated carbocycles. The second-order valence-corrected chi connectivity index (χ2v) is 11.4. The van der Waals surface area contributed by atoms with E-state index in [0.29, 0.717) is 42.7 Å². The number of aryl methyl sites for hydroxylation is 1. The number of anilines is 3. The van der Waals surface area contributed by atoms with Crippen LogP contribution in [-0.2, 0) is 18.4 Å². The average Bonchev–Trinajstić information content (AvgIpc) is 3.69. The van der Waals surface area contributed by atoms with Gasteiger partial charge in [-0.2, -0.15) is 15.3 Å². The Morgan fingerprint density at radius 2 is 1.84 bits per heavy atom. The molecule has 4 N–H and O–H groups in total. The molecular weight excluding hydrogens is 570 g/mol. The molecule has 1 aliphatic carbocycles. The van der Waals surface area contributed by atoms with E-state index in [0.717, 1.165) is 42.4 Å². The number of aromatic nitrogens is 5. The molecule has 0 bridgehead atoms. The monoisotopic (exact) mass is 605 g/mol. The Bertz CT molecular complexity index is 1680. The van der Waals surface area contributed by atoms with Gasteiger partial charge in [0, 0.05) is 62.2 Å². The number of carbonyl (C=O) groups excluding carboxylic acids is 2. The maximum atomic E-state index is 13.7. The van der Waals surface area contributed by atoms with Crippen LogP contribution in [0, 0.1) is 11.3 Å². The van der Waals surface area contributed by atoms with E-state index >= 15 is 0 Å². The predicted molar refractivity (Wildman–Crippen MR) is 169 cm³/mol. The number of nitrogens with one attached hydrogen (secondary N) is 4. The zero-order valence-corrected chi connectivity index (χ0v) is 25.0. The molecule has 1 aliphatic heterocycles. The van der Waals surface area contributed by atoms with Gasteiger partial charge in [0.25, 0.3) is 0 Å². The van der Waals surface area contributed by atoms with Crippen molar-refractivity contribution >= 4 is 29.5 Å². The van der Waals surface area contributed by atoms with Gasteiger partial charge < -0.3 is 21.3 Å². The molecule has 0 radical (unpaired) electrons. The summed E-state index contributed by atoms with van der Waals surface area (Å²) in [5.74, 6) is 1.39. The summed E-state index contributed by atoms with van der Waals surface area (Å²) in [5, 5.41) is 26.3. The lowest BCUT2D eigenvalue weighted by molar-refractivity contribution is -0.119. The fraction of sp³-hybridized carbons (Fsp3) is 0.344. The third kappa shape index (κ3) is 7.18. The lowest BCUT2D eigenvalue weighted by Crippen LogP contribution is -2.49. The molecule has 13 heteroatoms. The number of urea groups is 1. The highest BCUT2D eigenvalue weighted by atomic mass is 16.2. The zero-order valence-electron chi connectivity index (χ0n) is 25.0. The molecule has 0 spiro atoms. The van der Waals surface area contributed by atoms with Gasteiger partial charge in [-0.25, -0.2) is 14.8 Å². The van der Waals surface area contributed by atoms with E-state index in [-0.39, 0.29) is 30.1 Å². The van der Waals surface area contributed by atoms with E-state index in [2.05, 4.69) is 42.4 Å². The van der Waals surface area contributed by atoms with E-state index in [1.54, 1.807) is 22.0 Å². The van der Waals surface area contributed by atoms with Gasteiger partial charge in [-0.05, 0) is 43.4 Å². The first kappa shape index (κ1) is 29.6. The van der Waals surface area contributed by atoms with Crippen LogP contribution >= 0.6 is 0 Å². The highest BCUT2D eigenvalue weighted by molar-refractivity contribution is 5.91. The molecule has 1 aromatic carbocycles. The largest absolute Gasteiger partial charge is 0.364 e. The van der Waals surface area contributed by atoms with Crippen LogP contribution < -0.4 is 26.2 Å². The van der Waals surface area contributed by atoms with Gasteiger partial charge in [0.05, 0.1) is 18.4 Å². The standard InChI is InChI=1S/C32H35N11O2/c1-42-20-24(18-38-42)22-7-12-28(34-16-22)43(32(45)37-15-21-5-3-2-4-6-21)27-10-8-25(9-11-27)40-31-36-17-23(14-33)30(41-31)39-26-13-29(44)35-19-26/h2-7,12,16-18,20,25-27H,8-11,13,15,19H2,1H3,(H,35,44)(H,37,45)(H2,36,39,40,41). The van der Waals surface area contributed by atoms with Crippen LogP contribution in [0.5, 0.6) is 0 Å². The van der Waals surface area contributed by atoms with Crippen molar-refractivity contribution in [2.24, 2.45) is 7.05 Å².